The quantitative estimate of drug-likeness (QED) is 0.771. The Morgan fingerprint density at radius 2 is 2.00 bits per heavy atom. The minimum absolute atomic E-state index is 0.0254. The van der Waals surface area contributed by atoms with Gasteiger partial charge in [-0.3, -0.25) is 24.3 Å². The van der Waals surface area contributed by atoms with E-state index in [-0.39, 0.29) is 11.9 Å². The molecule has 2 amide bonds. The zero-order valence-electron chi connectivity index (χ0n) is 16.0. The number of piperazine rings is 1. The van der Waals surface area contributed by atoms with E-state index < -0.39 is 0 Å². The molecule has 26 heavy (non-hydrogen) atoms. The number of hydrogen-bond donors (Lipinski definition) is 0. The van der Waals surface area contributed by atoms with Crippen LogP contribution in [0.3, 0.4) is 0 Å². The van der Waals surface area contributed by atoms with Gasteiger partial charge in [0, 0.05) is 51.6 Å². The first-order valence-corrected chi connectivity index (χ1v) is 10.3. The summed E-state index contributed by atoms with van der Waals surface area (Å²) >= 11 is 1.52. The van der Waals surface area contributed by atoms with Gasteiger partial charge in [0.15, 0.2) is 5.13 Å². The van der Waals surface area contributed by atoms with Gasteiger partial charge < -0.3 is 4.90 Å². The highest BCUT2D eigenvalue weighted by Crippen LogP contribution is 2.22. The molecule has 3 rings (SSSR count). The number of amides is 2. The highest BCUT2D eigenvalue weighted by atomic mass is 32.1. The van der Waals surface area contributed by atoms with Crippen LogP contribution in [0.15, 0.2) is 5.38 Å². The van der Waals surface area contributed by atoms with Gasteiger partial charge >= 0.3 is 0 Å². The Kier molecular flexibility index (Phi) is 6.26. The van der Waals surface area contributed by atoms with Gasteiger partial charge in [-0.15, -0.1) is 11.3 Å². The SMILES string of the molecule is CCN(C(C)=O)c1nc(CN2CCN(C(=O)[C@H]3CCCN3C)CC2)cs1. The summed E-state index contributed by atoms with van der Waals surface area (Å²) in [5.41, 5.74) is 1.00. The molecule has 7 nitrogen and oxygen atoms in total. The van der Waals surface area contributed by atoms with Gasteiger partial charge in [0.25, 0.3) is 0 Å². The third kappa shape index (κ3) is 4.24. The minimum atomic E-state index is 0.0254. The van der Waals surface area contributed by atoms with Crippen molar-refractivity contribution in [2.24, 2.45) is 0 Å². The van der Waals surface area contributed by atoms with Crippen LogP contribution in [0.2, 0.25) is 0 Å². The largest absolute Gasteiger partial charge is 0.339 e. The molecule has 0 bridgehead atoms. The predicted octanol–water partition coefficient (Wildman–Crippen LogP) is 1.25. The van der Waals surface area contributed by atoms with Gasteiger partial charge in [-0.25, -0.2) is 4.98 Å². The van der Waals surface area contributed by atoms with Crippen LogP contribution in [0.4, 0.5) is 5.13 Å². The molecular formula is C18H29N5O2S. The fraction of sp³-hybridized carbons (Fsp3) is 0.722. The molecule has 0 aromatic carbocycles. The Hall–Kier alpha value is -1.51. The lowest BCUT2D eigenvalue weighted by atomic mass is 10.1. The van der Waals surface area contributed by atoms with Crippen molar-refractivity contribution in [1.29, 1.82) is 0 Å². The molecule has 2 saturated heterocycles. The number of rotatable bonds is 5. The smallest absolute Gasteiger partial charge is 0.240 e. The Morgan fingerprint density at radius 1 is 1.27 bits per heavy atom. The van der Waals surface area contributed by atoms with E-state index >= 15 is 0 Å². The lowest BCUT2D eigenvalue weighted by Crippen LogP contribution is -2.52. The first-order chi connectivity index (χ1) is 12.5. The van der Waals surface area contributed by atoms with Gasteiger partial charge in [-0.2, -0.15) is 0 Å². The number of likely N-dealkylation sites (N-methyl/N-ethyl adjacent to an activating group) is 1. The molecule has 0 N–H and O–H groups in total. The molecule has 0 saturated carbocycles. The zero-order chi connectivity index (χ0) is 18.7. The van der Waals surface area contributed by atoms with Gasteiger partial charge in [-0.1, -0.05) is 0 Å². The van der Waals surface area contributed by atoms with Crippen LogP contribution < -0.4 is 4.90 Å². The van der Waals surface area contributed by atoms with Crippen LogP contribution in [0.25, 0.3) is 0 Å². The number of hydrogen-bond acceptors (Lipinski definition) is 6. The molecule has 1 aromatic heterocycles. The Balaban J connectivity index is 1.50. The summed E-state index contributed by atoms with van der Waals surface area (Å²) in [6.45, 7) is 9.29. The van der Waals surface area contributed by atoms with Crippen LogP contribution in [0, 0.1) is 0 Å². The van der Waals surface area contributed by atoms with E-state index in [1.54, 1.807) is 11.8 Å². The molecule has 0 radical (unpaired) electrons. The van der Waals surface area contributed by atoms with Gasteiger partial charge in [0.2, 0.25) is 11.8 Å². The van der Waals surface area contributed by atoms with Gasteiger partial charge in [0.1, 0.15) is 0 Å². The van der Waals surface area contributed by atoms with E-state index in [0.717, 1.165) is 62.9 Å². The summed E-state index contributed by atoms with van der Waals surface area (Å²) in [4.78, 5) is 37.2. The van der Waals surface area contributed by atoms with Crippen molar-refractivity contribution in [3.63, 3.8) is 0 Å². The van der Waals surface area contributed by atoms with Crippen molar-refractivity contribution in [3.05, 3.63) is 11.1 Å². The molecule has 3 heterocycles. The van der Waals surface area contributed by atoms with Crippen LogP contribution in [-0.2, 0) is 16.1 Å². The molecule has 0 aliphatic carbocycles. The number of likely N-dealkylation sites (tertiary alicyclic amines) is 1. The predicted molar refractivity (Wildman–Crippen MR) is 103 cm³/mol. The number of thiazole rings is 1. The summed E-state index contributed by atoms with van der Waals surface area (Å²) in [6, 6.07) is 0.0780. The van der Waals surface area contributed by atoms with Gasteiger partial charge in [-0.05, 0) is 33.4 Å². The third-order valence-electron chi connectivity index (χ3n) is 5.34. The summed E-state index contributed by atoms with van der Waals surface area (Å²) in [7, 11) is 2.05. The summed E-state index contributed by atoms with van der Waals surface area (Å²) in [5.74, 6) is 0.318. The van der Waals surface area contributed by atoms with E-state index in [2.05, 4.69) is 14.8 Å². The Morgan fingerprint density at radius 3 is 2.58 bits per heavy atom. The highest BCUT2D eigenvalue weighted by Gasteiger charge is 2.32. The molecule has 2 aliphatic rings. The number of anilines is 1. The maximum atomic E-state index is 12.7. The normalized spacial score (nSPS) is 22.0. The van der Waals surface area contributed by atoms with Crippen molar-refractivity contribution in [3.8, 4) is 0 Å². The van der Waals surface area contributed by atoms with Crippen LogP contribution >= 0.6 is 11.3 Å². The van der Waals surface area contributed by atoms with Crippen LogP contribution in [0.1, 0.15) is 32.4 Å². The van der Waals surface area contributed by atoms with E-state index in [1.807, 2.05) is 24.3 Å². The van der Waals surface area contributed by atoms with Crippen molar-refractivity contribution in [2.45, 2.75) is 39.3 Å². The second-order valence-electron chi connectivity index (χ2n) is 7.12. The standard InChI is InChI=1S/C18H29N5O2S/c1-4-23(14(2)24)18-19-15(13-26-18)12-21-8-10-22(11-9-21)17(25)16-6-5-7-20(16)3/h13,16H,4-12H2,1-3H3/t16-/m1/s1. The fourth-order valence-electron chi connectivity index (χ4n) is 3.77. The molecular weight excluding hydrogens is 350 g/mol. The van der Waals surface area contributed by atoms with Gasteiger partial charge in [0.05, 0.1) is 11.7 Å². The molecule has 1 atom stereocenters. The molecule has 0 unspecified atom stereocenters. The second kappa shape index (κ2) is 8.45. The van der Waals surface area contributed by atoms with E-state index in [1.165, 1.54) is 11.3 Å². The van der Waals surface area contributed by atoms with Crippen LogP contribution in [0.5, 0.6) is 0 Å². The number of carbonyl (C=O) groups is 2. The molecule has 2 fully saturated rings. The fourth-order valence-corrected chi connectivity index (χ4v) is 4.70. The lowest BCUT2D eigenvalue weighted by Gasteiger charge is -2.36. The van der Waals surface area contributed by atoms with E-state index in [9.17, 15) is 9.59 Å². The van der Waals surface area contributed by atoms with Crippen molar-refractivity contribution < 1.29 is 9.59 Å². The first kappa shape index (κ1) is 19.3. The van der Waals surface area contributed by atoms with Crippen molar-refractivity contribution in [1.82, 2.24) is 19.7 Å². The average molecular weight is 380 g/mol. The highest BCUT2D eigenvalue weighted by molar-refractivity contribution is 7.14. The maximum absolute atomic E-state index is 12.7. The Bertz CT molecular complexity index is 641. The van der Waals surface area contributed by atoms with E-state index in [0.29, 0.717) is 12.5 Å². The summed E-state index contributed by atoms with van der Waals surface area (Å²) in [5, 5.41) is 2.81. The monoisotopic (exact) mass is 379 g/mol. The molecule has 1 aromatic rings. The minimum Gasteiger partial charge on any atom is -0.339 e. The van der Waals surface area contributed by atoms with Crippen molar-refractivity contribution in [2.75, 3.05) is 51.2 Å². The number of aromatic nitrogens is 1. The second-order valence-corrected chi connectivity index (χ2v) is 7.96. The molecule has 2 aliphatic heterocycles. The number of carbonyl (C=O) groups excluding carboxylic acids is 2. The molecule has 144 valence electrons. The lowest BCUT2D eigenvalue weighted by molar-refractivity contribution is -0.137. The Labute approximate surface area is 159 Å². The molecule has 8 heteroatoms. The zero-order valence-corrected chi connectivity index (χ0v) is 16.8. The third-order valence-corrected chi connectivity index (χ3v) is 6.25. The van der Waals surface area contributed by atoms with E-state index in [4.69, 9.17) is 0 Å². The summed E-state index contributed by atoms with van der Waals surface area (Å²) in [6.07, 6.45) is 2.11. The topological polar surface area (TPSA) is 60.0 Å². The molecule has 0 spiro atoms. The van der Waals surface area contributed by atoms with Crippen LogP contribution in [-0.4, -0.2) is 83.9 Å². The first-order valence-electron chi connectivity index (χ1n) is 9.43. The van der Waals surface area contributed by atoms with Crippen molar-refractivity contribution >= 4 is 28.3 Å². The summed E-state index contributed by atoms with van der Waals surface area (Å²) < 4.78 is 0. The average Bonchev–Trinajstić information content (AvgIpc) is 3.24. The number of nitrogens with zero attached hydrogens (tertiary/aromatic N) is 5. The maximum Gasteiger partial charge on any atom is 0.240 e.